The monoisotopic (exact) mass is 370 g/mol. The van der Waals surface area contributed by atoms with E-state index in [0.29, 0.717) is 0 Å². The number of hydrogen-bond acceptors (Lipinski definition) is 1. The van der Waals surface area contributed by atoms with Crippen LogP contribution in [0.3, 0.4) is 0 Å². The van der Waals surface area contributed by atoms with E-state index in [2.05, 4.69) is 4.74 Å². The topological polar surface area (TPSA) is 9.23 Å². The minimum absolute atomic E-state index is 0.825. The van der Waals surface area contributed by atoms with E-state index in [1.807, 2.05) is 0 Å². The standard InChI is InChI=1S/C15H3F9O/c1-2-3-25-15-13(23)8(18)5(9(19)14(15)24)4-6(16)10(20)12(22)11(21)7(4)17/h1H,3H2. The summed E-state index contributed by atoms with van der Waals surface area (Å²) in [7, 11) is 0. The van der Waals surface area contributed by atoms with Gasteiger partial charge >= 0.3 is 0 Å². The first-order chi connectivity index (χ1) is 11.6. The van der Waals surface area contributed by atoms with Crippen LogP contribution in [0.1, 0.15) is 0 Å². The van der Waals surface area contributed by atoms with Crippen LogP contribution >= 0.6 is 0 Å². The molecule has 0 spiro atoms. The highest BCUT2D eigenvalue weighted by Gasteiger charge is 2.34. The SMILES string of the molecule is C#CCOc1c(F)c(F)c(-c2c(F)c(F)c(F)c(F)c2F)c(F)c1F. The van der Waals surface area contributed by atoms with Gasteiger partial charge in [0, 0.05) is 0 Å². The molecule has 25 heavy (non-hydrogen) atoms. The summed E-state index contributed by atoms with van der Waals surface area (Å²) < 4.78 is 126. The molecule has 2 rings (SSSR count). The molecule has 0 bridgehead atoms. The molecule has 2 aromatic carbocycles. The summed E-state index contributed by atoms with van der Waals surface area (Å²) in [5.74, 6) is -22.4. The Hall–Kier alpha value is -2.83. The lowest BCUT2D eigenvalue weighted by molar-refractivity contribution is 0.307. The first kappa shape index (κ1) is 18.5. The van der Waals surface area contributed by atoms with Crippen molar-refractivity contribution in [2.24, 2.45) is 0 Å². The Morgan fingerprint density at radius 1 is 0.560 bits per heavy atom. The molecule has 0 atom stereocenters. The Bertz CT molecular complexity index is 857. The van der Waals surface area contributed by atoms with Crippen LogP contribution in [0.2, 0.25) is 0 Å². The molecule has 0 saturated heterocycles. The lowest BCUT2D eigenvalue weighted by atomic mass is 10.0. The molecule has 2 aromatic rings. The summed E-state index contributed by atoms with van der Waals surface area (Å²) >= 11 is 0. The van der Waals surface area contributed by atoms with Crippen molar-refractivity contribution in [3.05, 3.63) is 52.4 Å². The van der Waals surface area contributed by atoms with Gasteiger partial charge in [-0.3, -0.25) is 0 Å². The molecule has 0 aliphatic rings. The third-order valence-electron chi connectivity index (χ3n) is 2.98. The highest BCUT2D eigenvalue weighted by molar-refractivity contribution is 5.68. The number of halogens is 9. The third-order valence-corrected chi connectivity index (χ3v) is 2.98. The number of ether oxygens (including phenoxy) is 1. The van der Waals surface area contributed by atoms with Crippen molar-refractivity contribution in [2.75, 3.05) is 6.61 Å². The molecule has 0 heterocycles. The third kappa shape index (κ3) is 2.75. The Kier molecular flexibility index (Phi) is 4.87. The van der Waals surface area contributed by atoms with E-state index in [9.17, 15) is 39.5 Å². The van der Waals surface area contributed by atoms with Crippen LogP contribution in [0.15, 0.2) is 0 Å². The lowest BCUT2D eigenvalue weighted by Gasteiger charge is -2.14. The van der Waals surface area contributed by atoms with Crippen molar-refractivity contribution in [1.82, 2.24) is 0 Å². The van der Waals surface area contributed by atoms with Crippen molar-refractivity contribution in [3.8, 4) is 29.2 Å². The minimum atomic E-state index is -2.64. The first-order valence-electron chi connectivity index (χ1n) is 6.09. The highest BCUT2D eigenvalue weighted by Crippen LogP contribution is 2.39. The normalized spacial score (nSPS) is 10.7. The van der Waals surface area contributed by atoms with E-state index in [1.165, 1.54) is 0 Å². The Morgan fingerprint density at radius 3 is 1.24 bits per heavy atom. The molecule has 1 nitrogen and oxygen atoms in total. The van der Waals surface area contributed by atoms with Crippen LogP contribution in [0, 0.1) is 64.7 Å². The molecule has 0 aliphatic carbocycles. The Balaban J connectivity index is 2.90. The van der Waals surface area contributed by atoms with Crippen LogP contribution < -0.4 is 4.74 Å². The summed E-state index contributed by atoms with van der Waals surface area (Å²) in [5, 5.41) is 0. The second kappa shape index (κ2) is 6.58. The van der Waals surface area contributed by atoms with Gasteiger partial charge in [-0.15, -0.1) is 6.42 Å². The molecule has 10 heteroatoms. The van der Waals surface area contributed by atoms with Gasteiger partial charge in [0.05, 0.1) is 11.1 Å². The van der Waals surface area contributed by atoms with Gasteiger partial charge in [-0.25, -0.2) is 30.7 Å². The quantitative estimate of drug-likeness (QED) is 0.332. The van der Waals surface area contributed by atoms with Crippen molar-refractivity contribution in [3.63, 3.8) is 0 Å². The van der Waals surface area contributed by atoms with Gasteiger partial charge in [0.25, 0.3) is 0 Å². The predicted octanol–water partition coefficient (Wildman–Crippen LogP) is 4.62. The molecule has 0 aliphatic heterocycles. The molecule has 0 fully saturated rings. The fraction of sp³-hybridized carbons (Fsp3) is 0.0667. The fourth-order valence-corrected chi connectivity index (χ4v) is 1.90. The lowest BCUT2D eigenvalue weighted by Crippen LogP contribution is -2.10. The molecule has 0 N–H and O–H groups in total. The smallest absolute Gasteiger partial charge is 0.204 e. The van der Waals surface area contributed by atoms with Gasteiger partial charge in [0.15, 0.2) is 40.7 Å². The average Bonchev–Trinajstić information content (AvgIpc) is 2.59. The van der Waals surface area contributed by atoms with E-state index >= 15 is 0 Å². The van der Waals surface area contributed by atoms with Gasteiger partial charge in [0.2, 0.25) is 17.5 Å². The number of terminal acetylenes is 1. The molecular formula is C15H3F9O. The van der Waals surface area contributed by atoms with Crippen LogP contribution in [-0.2, 0) is 0 Å². The van der Waals surface area contributed by atoms with E-state index in [0.717, 1.165) is 0 Å². The molecule has 0 unspecified atom stereocenters. The van der Waals surface area contributed by atoms with E-state index in [4.69, 9.17) is 6.42 Å². The van der Waals surface area contributed by atoms with Gasteiger partial charge < -0.3 is 4.74 Å². The minimum Gasteiger partial charge on any atom is -0.475 e. The van der Waals surface area contributed by atoms with Gasteiger partial charge in [0.1, 0.15) is 6.61 Å². The maximum atomic E-state index is 14.0. The summed E-state index contributed by atoms with van der Waals surface area (Å²) in [5.41, 5.74) is -4.30. The van der Waals surface area contributed by atoms with Crippen molar-refractivity contribution in [1.29, 1.82) is 0 Å². The van der Waals surface area contributed by atoms with E-state index in [-0.39, 0.29) is 0 Å². The second-order valence-corrected chi connectivity index (χ2v) is 4.40. The molecule has 0 amide bonds. The van der Waals surface area contributed by atoms with Gasteiger partial charge in [-0.1, -0.05) is 5.92 Å². The fourth-order valence-electron chi connectivity index (χ4n) is 1.90. The van der Waals surface area contributed by atoms with E-state index < -0.39 is 75.8 Å². The largest absolute Gasteiger partial charge is 0.475 e. The molecule has 132 valence electrons. The Labute approximate surface area is 133 Å². The molecule has 0 saturated carbocycles. The van der Waals surface area contributed by atoms with E-state index in [1.54, 1.807) is 5.92 Å². The summed E-state index contributed by atoms with van der Waals surface area (Å²) in [4.78, 5) is 0. The summed E-state index contributed by atoms with van der Waals surface area (Å²) in [6, 6.07) is 0. The molecular weight excluding hydrogens is 367 g/mol. The zero-order valence-corrected chi connectivity index (χ0v) is 11.6. The number of rotatable bonds is 3. The first-order valence-corrected chi connectivity index (χ1v) is 6.09. The van der Waals surface area contributed by atoms with Crippen LogP contribution in [0.25, 0.3) is 11.1 Å². The Morgan fingerprint density at radius 2 is 0.880 bits per heavy atom. The second-order valence-electron chi connectivity index (χ2n) is 4.40. The van der Waals surface area contributed by atoms with Gasteiger partial charge in [-0.2, -0.15) is 8.78 Å². The zero-order valence-electron chi connectivity index (χ0n) is 11.6. The maximum Gasteiger partial charge on any atom is 0.204 e. The predicted molar refractivity (Wildman–Crippen MR) is 65.8 cm³/mol. The van der Waals surface area contributed by atoms with Crippen LogP contribution in [-0.4, -0.2) is 6.61 Å². The summed E-state index contributed by atoms with van der Waals surface area (Å²) in [6.45, 7) is -0.825. The van der Waals surface area contributed by atoms with Gasteiger partial charge in [-0.05, 0) is 0 Å². The molecule has 0 radical (unpaired) electrons. The zero-order chi connectivity index (χ0) is 19.0. The average molecular weight is 370 g/mol. The molecule has 0 aromatic heterocycles. The van der Waals surface area contributed by atoms with Crippen LogP contribution in [0.5, 0.6) is 5.75 Å². The number of benzene rings is 2. The van der Waals surface area contributed by atoms with Crippen LogP contribution in [0.4, 0.5) is 39.5 Å². The maximum absolute atomic E-state index is 14.0. The van der Waals surface area contributed by atoms with Crippen molar-refractivity contribution in [2.45, 2.75) is 0 Å². The van der Waals surface area contributed by atoms with Crippen molar-refractivity contribution < 1.29 is 44.3 Å². The highest BCUT2D eigenvalue weighted by atomic mass is 19.2. The summed E-state index contributed by atoms with van der Waals surface area (Å²) in [6.07, 6.45) is 4.74. The van der Waals surface area contributed by atoms with Crippen molar-refractivity contribution >= 4 is 0 Å². The number of hydrogen-bond donors (Lipinski definition) is 0.